The quantitative estimate of drug-likeness (QED) is 0.861. The van der Waals surface area contributed by atoms with Crippen molar-refractivity contribution in [2.45, 2.75) is 46.0 Å². The minimum Gasteiger partial charge on any atom is -0.490 e. The Morgan fingerprint density at radius 2 is 1.76 bits per heavy atom. The van der Waals surface area contributed by atoms with Gasteiger partial charge in [-0.2, -0.15) is 0 Å². The number of hydrogen-bond acceptors (Lipinski definition) is 3. The van der Waals surface area contributed by atoms with E-state index in [0.717, 1.165) is 37.1 Å². The maximum Gasteiger partial charge on any atom is 0.227 e. The molecule has 1 aromatic rings. The average molecular weight is 291 g/mol. The van der Waals surface area contributed by atoms with E-state index in [-0.39, 0.29) is 11.8 Å². The first-order chi connectivity index (χ1) is 10.2. The van der Waals surface area contributed by atoms with Crippen LogP contribution in [0.2, 0.25) is 0 Å². The number of anilines is 1. The molecule has 0 atom stereocenters. The van der Waals surface area contributed by atoms with Crippen molar-refractivity contribution in [1.82, 2.24) is 0 Å². The van der Waals surface area contributed by atoms with Gasteiger partial charge in [0.05, 0.1) is 13.2 Å². The SMILES string of the molecule is CCOc1ccc(NC(=O)C2CCCCC2)cc1OCC. The van der Waals surface area contributed by atoms with Crippen LogP contribution in [-0.2, 0) is 4.79 Å². The van der Waals surface area contributed by atoms with Crippen LogP contribution in [-0.4, -0.2) is 19.1 Å². The second-order valence-electron chi connectivity index (χ2n) is 5.35. The normalized spacial score (nSPS) is 15.5. The lowest BCUT2D eigenvalue weighted by atomic mass is 9.88. The van der Waals surface area contributed by atoms with Gasteiger partial charge in [-0.1, -0.05) is 19.3 Å². The molecule has 0 aliphatic heterocycles. The molecule has 0 bridgehead atoms. The smallest absolute Gasteiger partial charge is 0.227 e. The Morgan fingerprint density at radius 3 is 2.43 bits per heavy atom. The molecular formula is C17H25NO3. The molecule has 1 aliphatic carbocycles. The highest BCUT2D eigenvalue weighted by Gasteiger charge is 2.21. The summed E-state index contributed by atoms with van der Waals surface area (Å²) in [6.45, 7) is 5.03. The Labute approximate surface area is 126 Å². The molecule has 4 nitrogen and oxygen atoms in total. The fraction of sp³-hybridized carbons (Fsp3) is 0.588. The summed E-state index contributed by atoms with van der Waals surface area (Å²) in [5.74, 6) is 1.68. The molecule has 1 amide bonds. The second kappa shape index (κ2) is 7.91. The van der Waals surface area contributed by atoms with E-state index in [1.165, 1.54) is 6.42 Å². The van der Waals surface area contributed by atoms with Crippen molar-refractivity contribution in [2.75, 3.05) is 18.5 Å². The van der Waals surface area contributed by atoms with Crippen LogP contribution in [0.5, 0.6) is 11.5 Å². The summed E-state index contributed by atoms with van der Waals surface area (Å²) in [5.41, 5.74) is 0.775. The zero-order valence-electron chi connectivity index (χ0n) is 13.0. The standard InChI is InChI=1S/C17H25NO3/c1-3-20-15-11-10-14(12-16(15)21-4-2)18-17(19)13-8-6-5-7-9-13/h10-13H,3-9H2,1-2H3,(H,18,19). The van der Waals surface area contributed by atoms with E-state index < -0.39 is 0 Å². The summed E-state index contributed by atoms with van der Waals surface area (Å²) >= 11 is 0. The predicted octanol–water partition coefficient (Wildman–Crippen LogP) is 4.00. The molecule has 0 heterocycles. The molecule has 0 saturated heterocycles. The van der Waals surface area contributed by atoms with Gasteiger partial charge in [0.25, 0.3) is 0 Å². The van der Waals surface area contributed by atoms with Gasteiger partial charge in [-0.05, 0) is 38.8 Å². The maximum atomic E-state index is 12.3. The van der Waals surface area contributed by atoms with Gasteiger partial charge < -0.3 is 14.8 Å². The molecule has 4 heteroatoms. The maximum absolute atomic E-state index is 12.3. The van der Waals surface area contributed by atoms with Crippen molar-refractivity contribution < 1.29 is 14.3 Å². The fourth-order valence-electron chi connectivity index (χ4n) is 2.74. The van der Waals surface area contributed by atoms with Crippen LogP contribution in [0.1, 0.15) is 46.0 Å². The molecular weight excluding hydrogens is 266 g/mol. The highest BCUT2D eigenvalue weighted by atomic mass is 16.5. The topological polar surface area (TPSA) is 47.6 Å². The third kappa shape index (κ3) is 4.38. The lowest BCUT2D eigenvalue weighted by Gasteiger charge is -2.21. The molecule has 116 valence electrons. The van der Waals surface area contributed by atoms with Crippen molar-refractivity contribution in [1.29, 1.82) is 0 Å². The van der Waals surface area contributed by atoms with E-state index in [4.69, 9.17) is 9.47 Å². The van der Waals surface area contributed by atoms with Gasteiger partial charge in [0, 0.05) is 17.7 Å². The summed E-state index contributed by atoms with van der Waals surface area (Å²) in [7, 11) is 0. The number of rotatable bonds is 6. The van der Waals surface area contributed by atoms with E-state index in [2.05, 4.69) is 5.32 Å². The highest BCUT2D eigenvalue weighted by Crippen LogP contribution is 2.31. The Bertz CT molecular complexity index is 467. The first-order valence-electron chi connectivity index (χ1n) is 7.95. The van der Waals surface area contributed by atoms with E-state index in [1.54, 1.807) is 0 Å². The Balaban J connectivity index is 2.05. The minimum atomic E-state index is 0.126. The number of benzene rings is 1. The molecule has 0 radical (unpaired) electrons. The molecule has 2 rings (SSSR count). The van der Waals surface area contributed by atoms with Crippen molar-refractivity contribution in [3.05, 3.63) is 18.2 Å². The molecule has 0 unspecified atom stereocenters. The van der Waals surface area contributed by atoms with Gasteiger partial charge in [0.15, 0.2) is 11.5 Å². The van der Waals surface area contributed by atoms with Crippen LogP contribution in [0.25, 0.3) is 0 Å². The highest BCUT2D eigenvalue weighted by molar-refractivity contribution is 5.92. The molecule has 21 heavy (non-hydrogen) atoms. The third-order valence-electron chi connectivity index (χ3n) is 3.79. The van der Waals surface area contributed by atoms with Crippen molar-refractivity contribution in [3.63, 3.8) is 0 Å². The summed E-state index contributed by atoms with van der Waals surface area (Å²) in [6, 6.07) is 5.56. The predicted molar refractivity (Wildman–Crippen MR) is 84.0 cm³/mol. The van der Waals surface area contributed by atoms with E-state index in [1.807, 2.05) is 32.0 Å². The first kappa shape index (κ1) is 15.7. The summed E-state index contributed by atoms with van der Waals surface area (Å²) in [4.78, 5) is 12.3. The van der Waals surface area contributed by atoms with Crippen LogP contribution in [0.15, 0.2) is 18.2 Å². The number of ether oxygens (including phenoxy) is 2. The number of nitrogens with one attached hydrogen (secondary N) is 1. The average Bonchev–Trinajstić information content (AvgIpc) is 2.51. The molecule has 1 fully saturated rings. The van der Waals surface area contributed by atoms with Crippen LogP contribution >= 0.6 is 0 Å². The fourth-order valence-corrected chi connectivity index (χ4v) is 2.74. The Morgan fingerprint density at radius 1 is 1.10 bits per heavy atom. The summed E-state index contributed by atoms with van der Waals surface area (Å²) < 4.78 is 11.1. The molecule has 1 aromatic carbocycles. The van der Waals surface area contributed by atoms with E-state index in [0.29, 0.717) is 19.0 Å². The van der Waals surface area contributed by atoms with Crippen LogP contribution in [0.4, 0.5) is 5.69 Å². The number of hydrogen-bond donors (Lipinski definition) is 1. The largest absolute Gasteiger partial charge is 0.490 e. The zero-order chi connectivity index (χ0) is 15.1. The minimum absolute atomic E-state index is 0.126. The number of carbonyl (C=O) groups is 1. The Kier molecular flexibility index (Phi) is 5.90. The van der Waals surface area contributed by atoms with Gasteiger partial charge in [-0.15, -0.1) is 0 Å². The molecule has 1 aliphatic rings. The second-order valence-corrected chi connectivity index (χ2v) is 5.35. The first-order valence-corrected chi connectivity index (χ1v) is 7.95. The van der Waals surface area contributed by atoms with E-state index in [9.17, 15) is 4.79 Å². The lowest BCUT2D eigenvalue weighted by Crippen LogP contribution is -2.24. The van der Waals surface area contributed by atoms with Crippen LogP contribution in [0.3, 0.4) is 0 Å². The van der Waals surface area contributed by atoms with Gasteiger partial charge in [-0.3, -0.25) is 4.79 Å². The third-order valence-corrected chi connectivity index (χ3v) is 3.79. The lowest BCUT2D eigenvalue weighted by molar-refractivity contribution is -0.120. The van der Waals surface area contributed by atoms with Crippen LogP contribution < -0.4 is 14.8 Å². The summed E-state index contributed by atoms with van der Waals surface area (Å²) in [6.07, 6.45) is 5.57. The number of amides is 1. The van der Waals surface area contributed by atoms with Crippen LogP contribution in [0, 0.1) is 5.92 Å². The van der Waals surface area contributed by atoms with Gasteiger partial charge in [0.1, 0.15) is 0 Å². The molecule has 0 spiro atoms. The molecule has 0 aromatic heterocycles. The Hall–Kier alpha value is -1.71. The van der Waals surface area contributed by atoms with Gasteiger partial charge >= 0.3 is 0 Å². The van der Waals surface area contributed by atoms with Crippen molar-refractivity contribution in [3.8, 4) is 11.5 Å². The summed E-state index contributed by atoms with van der Waals surface area (Å²) in [5, 5.41) is 3.01. The van der Waals surface area contributed by atoms with Crippen molar-refractivity contribution in [2.24, 2.45) is 5.92 Å². The number of carbonyl (C=O) groups excluding carboxylic acids is 1. The van der Waals surface area contributed by atoms with Gasteiger partial charge in [-0.25, -0.2) is 0 Å². The van der Waals surface area contributed by atoms with Gasteiger partial charge in [0.2, 0.25) is 5.91 Å². The molecule has 1 N–H and O–H groups in total. The zero-order valence-corrected chi connectivity index (χ0v) is 13.0. The van der Waals surface area contributed by atoms with Crippen molar-refractivity contribution >= 4 is 11.6 Å². The van der Waals surface area contributed by atoms with E-state index >= 15 is 0 Å². The molecule has 1 saturated carbocycles. The monoisotopic (exact) mass is 291 g/mol.